The second-order valence-corrected chi connectivity index (χ2v) is 6.02. The molecule has 1 heterocycles. The van der Waals surface area contributed by atoms with Gasteiger partial charge in [0.15, 0.2) is 0 Å². The van der Waals surface area contributed by atoms with E-state index in [2.05, 4.69) is 51.8 Å². The van der Waals surface area contributed by atoms with Crippen molar-refractivity contribution in [1.82, 2.24) is 10.2 Å². The van der Waals surface area contributed by atoms with E-state index in [9.17, 15) is 0 Å². The normalized spacial score (nSPS) is 28.0. The van der Waals surface area contributed by atoms with Crippen molar-refractivity contribution < 1.29 is 0 Å². The van der Waals surface area contributed by atoms with Crippen molar-refractivity contribution in [3.8, 4) is 0 Å². The fraction of sp³-hybridized carbons (Fsp3) is 1.00. The van der Waals surface area contributed by atoms with Gasteiger partial charge in [0.2, 0.25) is 0 Å². The van der Waals surface area contributed by atoms with Crippen LogP contribution in [0.2, 0.25) is 0 Å². The molecule has 0 aromatic heterocycles. The Balaban J connectivity index is 2.80. The standard InChI is InChI=1S/C13H28N2/c1-7-13(8-2)10-15(12(4,5)6)11(3)9-14-13/h11,14H,7-10H2,1-6H3. The van der Waals surface area contributed by atoms with E-state index >= 15 is 0 Å². The minimum atomic E-state index is 0.289. The van der Waals surface area contributed by atoms with Crippen molar-refractivity contribution in [3.05, 3.63) is 0 Å². The average molecular weight is 212 g/mol. The van der Waals surface area contributed by atoms with Gasteiger partial charge >= 0.3 is 0 Å². The van der Waals surface area contributed by atoms with Crippen LogP contribution in [0.4, 0.5) is 0 Å². The summed E-state index contributed by atoms with van der Waals surface area (Å²) in [6.45, 7) is 16.2. The molecule has 0 bridgehead atoms. The molecule has 0 radical (unpaired) electrons. The van der Waals surface area contributed by atoms with Gasteiger partial charge in [-0.2, -0.15) is 0 Å². The maximum Gasteiger partial charge on any atom is 0.0304 e. The first-order valence-corrected chi connectivity index (χ1v) is 6.36. The van der Waals surface area contributed by atoms with E-state index < -0.39 is 0 Å². The molecular formula is C13H28N2. The van der Waals surface area contributed by atoms with Crippen molar-refractivity contribution >= 4 is 0 Å². The lowest BCUT2D eigenvalue weighted by molar-refractivity contribution is 0.0123. The highest BCUT2D eigenvalue weighted by Crippen LogP contribution is 2.27. The number of hydrogen-bond donors (Lipinski definition) is 1. The van der Waals surface area contributed by atoms with E-state index in [1.54, 1.807) is 0 Å². The average Bonchev–Trinajstić information content (AvgIpc) is 2.18. The number of nitrogens with one attached hydrogen (secondary N) is 1. The highest BCUT2D eigenvalue weighted by molar-refractivity contribution is 4.98. The van der Waals surface area contributed by atoms with Crippen LogP contribution < -0.4 is 5.32 Å². The Hall–Kier alpha value is -0.0800. The lowest BCUT2D eigenvalue weighted by atomic mass is 9.86. The summed E-state index contributed by atoms with van der Waals surface area (Å²) in [6, 6.07) is 0.649. The van der Waals surface area contributed by atoms with Gasteiger partial charge in [0.1, 0.15) is 0 Å². The van der Waals surface area contributed by atoms with Crippen LogP contribution in [0, 0.1) is 0 Å². The molecule has 1 rings (SSSR count). The summed E-state index contributed by atoms with van der Waals surface area (Å²) in [6.07, 6.45) is 2.45. The van der Waals surface area contributed by atoms with Gasteiger partial charge in [-0.05, 0) is 40.5 Å². The summed E-state index contributed by atoms with van der Waals surface area (Å²) < 4.78 is 0. The quantitative estimate of drug-likeness (QED) is 0.757. The second-order valence-electron chi connectivity index (χ2n) is 6.02. The maximum absolute atomic E-state index is 3.74. The van der Waals surface area contributed by atoms with Gasteiger partial charge in [0.05, 0.1) is 0 Å². The molecule has 1 saturated heterocycles. The van der Waals surface area contributed by atoms with Gasteiger partial charge in [0, 0.05) is 30.2 Å². The van der Waals surface area contributed by atoms with E-state index in [-0.39, 0.29) is 5.54 Å². The molecule has 0 spiro atoms. The minimum Gasteiger partial charge on any atom is -0.308 e. The van der Waals surface area contributed by atoms with Gasteiger partial charge in [-0.25, -0.2) is 0 Å². The van der Waals surface area contributed by atoms with Crippen LogP contribution in [0.15, 0.2) is 0 Å². The predicted molar refractivity (Wildman–Crippen MR) is 67.2 cm³/mol. The van der Waals surface area contributed by atoms with Crippen LogP contribution in [0.5, 0.6) is 0 Å². The lowest BCUT2D eigenvalue weighted by Crippen LogP contribution is -2.66. The molecule has 1 N–H and O–H groups in total. The highest BCUT2D eigenvalue weighted by atomic mass is 15.3. The van der Waals surface area contributed by atoms with E-state index in [4.69, 9.17) is 0 Å². The van der Waals surface area contributed by atoms with Gasteiger partial charge in [-0.15, -0.1) is 0 Å². The Bertz CT molecular complexity index is 201. The molecule has 2 nitrogen and oxygen atoms in total. The van der Waals surface area contributed by atoms with Crippen molar-refractivity contribution in [2.24, 2.45) is 0 Å². The largest absolute Gasteiger partial charge is 0.308 e. The zero-order valence-electron chi connectivity index (χ0n) is 11.4. The van der Waals surface area contributed by atoms with Crippen LogP contribution >= 0.6 is 0 Å². The molecule has 0 saturated carbocycles. The molecule has 0 aliphatic carbocycles. The fourth-order valence-electron chi connectivity index (χ4n) is 2.63. The summed E-state index contributed by atoms with van der Waals surface area (Å²) in [7, 11) is 0. The number of nitrogens with zero attached hydrogens (tertiary/aromatic N) is 1. The Kier molecular flexibility index (Phi) is 3.83. The van der Waals surface area contributed by atoms with E-state index in [0.29, 0.717) is 11.6 Å². The van der Waals surface area contributed by atoms with Gasteiger partial charge in [-0.1, -0.05) is 13.8 Å². The molecule has 1 aliphatic rings. The number of piperazine rings is 1. The van der Waals surface area contributed by atoms with Crippen LogP contribution in [-0.4, -0.2) is 35.1 Å². The summed E-state index contributed by atoms with van der Waals surface area (Å²) in [5, 5.41) is 3.74. The third-order valence-corrected chi connectivity index (χ3v) is 3.99. The monoisotopic (exact) mass is 212 g/mol. The summed E-state index contributed by atoms with van der Waals surface area (Å²) in [5.41, 5.74) is 0.636. The molecule has 2 heteroatoms. The second kappa shape index (κ2) is 4.42. The minimum absolute atomic E-state index is 0.289. The van der Waals surface area contributed by atoms with Gasteiger partial charge in [-0.3, -0.25) is 4.90 Å². The first kappa shape index (κ1) is 13.0. The van der Waals surface area contributed by atoms with Crippen molar-refractivity contribution in [2.75, 3.05) is 13.1 Å². The molecule has 90 valence electrons. The Labute approximate surface area is 95.4 Å². The van der Waals surface area contributed by atoms with Crippen molar-refractivity contribution in [3.63, 3.8) is 0 Å². The van der Waals surface area contributed by atoms with E-state index in [0.717, 1.165) is 6.54 Å². The van der Waals surface area contributed by atoms with Crippen LogP contribution in [0.3, 0.4) is 0 Å². The summed E-state index contributed by atoms with van der Waals surface area (Å²) in [4.78, 5) is 2.65. The molecular weight excluding hydrogens is 184 g/mol. The Morgan fingerprint density at radius 2 is 1.80 bits per heavy atom. The lowest BCUT2D eigenvalue weighted by Gasteiger charge is -2.51. The Morgan fingerprint density at radius 1 is 1.27 bits per heavy atom. The van der Waals surface area contributed by atoms with Gasteiger partial charge < -0.3 is 5.32 Å². The molecule has 0 amide bonds. The van der Waals surface area contributed by atoms with Gasteiger partial charge in [0.25, 0.3) is 0 Å². The molecule has 15 heavy (non-hydrogen) atoms. The maximum atomic E-state index is 3.74. The first-order valence-electron chi connectivity index (χ1n) is 6.36. The molecule has 1 atom stereocenters. The zero-order chi connectivity index (χ0) is 11.7. The predicted octanol–water partition coefficient (Wildman–Crippen LogP) is 2.64. The zero-order valence-corrected chi connectivity index (χ0v) is 11.4. The third-order valence-electron chi connectivity index (χ3n) is 3.99. The smallest absolute Gasteiger partial charge is 0.0304 e. The molecule has 1 fully saturated rings. The summed E-state index contributed by atoms with van der Waals surface area (Å²) in [5.74, 6) is 0. The topological polar surface area (TPSA) is 15.3 Å². The third kappa shape index (κ3) is 2.73. The Morgan fingerprint density at radius 3 is 2.20 bits per heavy atom. The number of hydrogen-bond acceptors (Lipinski definition) is 2. The van der Waals surface area contributed by atoms with Crippen LogP contribution in [0.1, 0.15) is 54.4 Å². The van der Waals surface area contributed by atoms with Crippen molar-refractivity contribution in [2.45, 2.75) is 71.5 Å². The SMILES string of the molecule is CCC1(CC)CN(C(C)(C)C)C(C)CN1. The summed E-state index contributed by atoms with van der Waals surface area (Å²) >= 11 is 0. The molecule has 1 unspecified atom stereocenters. The number of rotatable bonds is 2. The molecule has 0 aromatic carbocycles. The van der Waals surface area contributed by atoms with Crippen molar-refractivity contribution in [1.29, 1.82) is 0 Å². The fourth-order valence-corrected chi connectivity index (χ4v) is 2.63. The first-order chi connectivity index (χ1) is 6.84. The van der Waals surface area contributed by atoms with E-state index in [1.165, 1.54) is 19.4 Å². The van der Waals surface area contributed by atoms with Crippen LogP contribution in [-0.2, 0) is 0 Å². The van der Waals surface area contributed by atoms with Crippen LogP contribution in [0.25, 0.3) is 0 Å². The molecule has 1 aliphatic heterocycles. The molecule has 0 aromatic rings. The van der Waals surface area contributed by atoms with E-state index in [1.807, 2.05) is 0 Å². The highest BCUT2D eigenvalue weighted by Gasteiger charge is 2.39.